The fourth-order valence-electron chi connectivity index (χ4n) is 1.91. The Morgan fingerprint density at radius 2 is 2.21 bits per heavy atom. The minimum absolute atomic E-state index is 0.881. The highest BCUT2D eigenvalue weighted by molar-refractivity contribution is 5.90. The molecule has 14 heavy (non-hydrogen) atoms. The number of anilines is 2. The smallest absolute Gasteiger partial charge is 0.0955 e. The molecule has 4 heteroatoms. The van der Waals surface area contributed by atoms with Crippen molar-refractivity contribution in [1.29, 1.82) is 0 Å². The van der Waals surface area contributed by atoms with Gasteiger partial charge in [0.2, 0.25) is 0 Å². The number of aryl methyl sites for hydroxylation is 1. The molecule has 2 aromatic rings. The van der Waals surface area contributed by atoms with Crippen molar-refractivity contribution >= 4 is 22.4 Å². The van der Waals surface area contributed by atoms with Gasteiger partial charge in [0.25, 0.3) is 0 Å². The van der Waals surface area contributed by atoms with E-state index in [1.807, 2.05) is 17.9 Å². The molecule has 0 spiro atoms. The Morgan fingerprint density at radius 1 is 1.36 bits per heavy atom. The predicted molar refractivity (Wildman–Crippen MR) is 57.6 cm³/mol. The molecule has 2 heterocycles. The van der Waals surface area contributed by atoms with Gasteiger partial charge in [-0.05, 0) is 12.1 Å². The Balaban J connectivity index is 2.34. The van der Waals surface area contributed by atoms with Gasteiger partial charge in [-0.15, -0.1) is 0 Å². The summed E-state index contributed by atoms with van der Waals surface area (Å²) in [6, 6.07) is 4.28. The van der Waals surface area contributed by atoms with Gasteiger partial charge in [-0.1, -0.05) is 0 Å². The zero-order valence-electron chi connectivity index (χ0n) is 8.28. The van der Waals surface area contributed by atoms with Crippen molar-refractivity contribution in [3.05, 3.63) is 18.5 Å². The van der Waals surface area contributed by atoms with Gasteiger partial charge in [0.15, 0.2) is 0 Å². The van der Waals surface area contributed by atoms with Crippen LogP contribution in [-0.4, -0.2) is 23.3 Å². The molecule has 0 amide bonds. The van der Waals surface area contributed by atoms with Gasteiger partial charge in [-0.25, -0.2) is 4.98 Å². The van der Waals surface area contributed by atoms with Gasteiger partial charge in [-0.2, -0.15) is 0 Å². The van der Waals surface area contributed by atoms with E-state index in [-0.39, 0.29) is 0 Å². The lowest BCUT2D eigenvalue weighted by molar-refractivity contribution is 0.948. The quantitative estimate of drug-likeness (QED) is 0.678. The third-order valence-corrected chi connectivity index (χ3v) is 2.76. The molecular weight excluding hydrogens is 176 g/mol. The average molecular weight is 188 g/mol. The van der Waals surface area contributed by atoms with Crippen molar-refractivity contribution in [1.82, 2.24) is 9.55 Å². The van der Waals surface area contributed by atoms with Gasteiger partial charge < -0.3 is 14.8 Å². The second kappa shape index (κ2) is 2.41. The fraction of sp³-hybridized carbons (Fsp3) is 0.300. The number of hydrogen-bond acceptors (Lipinski definition) is 3. The lowest BCUT2D eigenvalue weighted by Gasteiger charge is -2.09. The van der Waals surface area contributed by atoms with Crippen molar-refractivity contribution < 1.29 is 0 Å². The molecule has 3 rings (SSSR count). The van der Waals surface area contributed by atoms with E-state index in [4.69, 9.17) is 0 Å². The van der Waals surface area contributed by atoms with Crippen LogP contribution in [0.15, 0.2) is 18.5 Å². The summed E-state index contributed by atoms with van der Waals surface area (Å²) in [6.45, 7) is 0.881. The summed E-state index contributed by atoms with van der Waals surface area (Å²) in [5.41, 5.74) is 4.66. The lowest BCUT2D eigenvalue weighted by atomic mass is 10.2. The predicted octanol–water partition coefficient (Wildman–Crippen LogP) is 1.39. The Bertz CT molecular complexity index is 500. The standard InChI is InChI=1S/C10H12N4/c1-13-5-11-7-4-10-8(3-9(7)13)12-6-14(10)2/h3-5,12H,6H2,1-2H3. The summed E-state index contributed by atoms with van der Waals surface area (Å²) >= 11 is 0. The number of nitrogens with one attached hydrogen (secondary N) is 1. The first-order chi connectivity index (χ1) is 6.75. The minimum Gasteiger partial charge on any atom is -0.366 e. The number of imidazole rings is 1. The van der Waals surface area contributed by atoms with Crippen molar-refractivity contribution in [2.24, 2.45) is 7.05 Å². The highest BCUT2D eigenvalue weighted by Gasteiger charge is 2.16. The third-order valence-electron chi connectivity index (χ3n) is 2.76. The summed E-state index contributed by atoms with van der Waals surface area (Å²) in [7, 11) is 4.09. The van der Waals surface area contributed by atoms with Gasteiger partial charge in [0.05, 0.1) is 35.4 Å². The molecule has 0 atom stereocenters. The lowest BCUT2D eigenvalue weighted by Crippen LogP contribution is -2.15. The molecule has 0 aliphatic carbocycles. The van der Waals surface area contributed by atoms with Crippen LogP contribution in [0, 0.1) is 0 Å². The van der Waals surface area contributed by atoms with E-state index in [0.29, 0.717) is 0 Å². The van der Waals surface area contributed by atoms with E-state index in [9.17, 15) is 0 Å². The fourth-order valence-corrected chi connectivity index (χ4v) is 1.91. The van der Waals surface area contributed by atoms with Gasteiger partial charge in [-0.3, -0.25) is 0 Å². The molecule has 0 unspecified atom stereocenters. The van der Waals surface area contributed by atoms with Crippen LogP contribution in [0.3, 0.4) is 0 Å². The number of fused-ring (bicyclic) bond motifs is 2. The number of nitrogens with zero attached hydrogens (tertiary/aromatic N) is 3. The second-order valence-corrected chi connectivity index (χ2v) is 3.75. The largest absolute Gasteiger partial charge is 0.366 e. The zero-order chi connectivity index (χ0) is 9.71. The highest BCUT2D eigenvalue weighted by atomic mass is 15.3. The summed E-state index contributed by atoms with van der Waals surface area (Å²) in [6.07, 6.45) is 1.85. The maximum atomic E-state index is 4.34. The molecule has 1 aromatic heterocycles. The van der Waals surface area contributed by atoms with Crippen LogP contribution in [0.25, 0.3) is 11.0 Å². The maximum Gasteiger partial charge on any atom is 0.0955 e. The molecule has 1 N–H and O–H groups in total. The van der Waals surface area contributed by atoms with E-state index >= 15 is 0 Å². The Morgan fingerprint density at radius 3 is 3.07 bits per heavy atom. The topological polar surface area (TPSA) is 33.1 Å². The molecule has 0 saturated carbocycles. The molecule has 4 nitrogen and oxygen atoms in total. The first-order valence-corrected chi connectivity index (χ1v) is 4.66. The van der Waals surface area contributed by atoms with E-state index in [1.54, 1.807) is 0 Å². The van der Waals surface area contributed by atoms with Crippen LogP contribution in [0.2, 0.25) is 0 Å². The number of benzene rings is 1. The van der Waals surface area contributed by atoms with Crippen LogP contribution in [0.4, 0.5) is 11.4 Å². The molecule has 1 aliphatic rings. The minimum atomic E-state index is 0.881. The van der Waals surface area contributed by atoms with Crippen molar-refractivity contribution in [2.45, 2.75) is 0 Å². The Labute approximate surface area is 82.2 Å². The number of aromatic nitrogens is 2. The first-order valence-electron chi connectivity index (χ1n) is 4.66. The number of rotatable bonds is 0. The summed E-state index contributed by atoms with van der Waals surface area (Å²) < 4.78 is 2.04. The van der Waals surface area contributed by atoms with E-state index in [0.717, 1.165) is 12.2 Å². The molecule has 72 valence electrons. The van der Waals surface area contributed by atoms with E-state index in [2.05, 4.69) is 34.4 Å². The van der Waals surface area contributed by atoms with Crippen LogP contribution >= 0.6 is 0 Å². The molecular formula is C10H12N4. The first kappa shape index (κ1) is 7.67. The van der Waals surface area contributed by atoms with Crippen molar-refractivity contribution in [2.75, 3.05) is 23.9 Å². The zero-order valence-corrected chi connectivity index (χ0v) is 8.28. The Kier molecular flexibility index (Phi) is 1.32. The Hall–Kier alpha value is -1.71. The van der Waals surface area contributed by atoms with Crippen LogP contribution in [0.1, 0.15) is 0 Å². The molecule has 0 saturated heterocycles. The highest BCUT2D eigenvalue weighted by Crippen LogP contribution is 2.33. The van der Waals surface area contributed by atoms with Crippen molar-refractivity contribution in [3.63, 3.8) is 0 Å². The van der Waals surface area contributed by atoms with Crippen LogP contribution in [-0.2, 0) is 7.05 Å². The molecule has 0 fully saturated rings. The van der Waals surface area contributed by atoms with Gasteiger partial charge >= 0.3 is 0 Å². The summed E-state index contributed by atoms with van der Waals surface area (Å²) in [4.78, 5) is 6.52. The van der Waals surface area contributed by atoms with Gasteiger partial charge in [0.1, 0.15) is 0 Å². The summed E-state index contributed by atoms with van der Waals surface area (Å²) in [5.74, 6) is 0. The normalized spacial score (nSPS) is 14.6. The monoisotopic (exact) mass is 188 g/mol. The average Bonchev–Trinajstić information content (AvgIpc) is 2.71. The third kappa shape index (κ3) is 0.852. The molecule has 0 radical (unpaired) electrons. The van der Waals surface area contributed by atoms with Gasteiger partial charge in [0, 0.05) is 14.1 Å². The summed E-state index contributed by atoms with van der Waals surface area (Å²) in [5, 5.41) is 3.34. The number of hydrogen-bond donors (Lipinski definition) is 1. The van der Waals surface area contributed by atoms with Crippen LogP contribution in [0.5, 0.6) is 0 Å². The van der Waals surface area contributed by atoms with E-state index < -0.39 is 0 Å². The van der Waals surface area contributed by atoms with Crippen LogP contribution < -0.4 is 10.2 Å². The second-order valence-electron chi connectivity index (χ2n) is 3.75. The van der Waals surface area contributed by atoms with Crippen molar-refractivity contribution in [3.8, 4) is 0 Å². The molecule has 1 aromatic carbocycles. The SMILES string of the molecule is CN1CNc2cc3c(cc21)ncn3C. The molecule has 0 bridgehead atoms. The molecule has 1 aliphatic heterocycles. The maximum absolute atomic E-state index is 4.34. The van der Waals surface area contributed by atoms with E-state index in [1.165, 1.54) is 16.9 Å².